The topological polar surface area (TPSA) is 184 Å². The van der Waals surface area contributed by atoms with Crippen molar-refractivity contribution in [3.63, 3.8) is 0 Å². The molecule has 1 aromatic heterocycles. The van der Waals surface area contributed by atoms with Crippen molar-refractivity contribution in [3.8, 4) is 0 Å². The van der Waals surface area contributed by atoms with E-state index in [2.05, 4.69) is 26.9 Å². The molecular formula is C33H47N5O8S. The van der Waals surface area contributed by atoms with Crippen molar-refractivity contribution in [3.05, 3.63) is 54.4 Å². The van der Waals surface area contributed by atoms with Gasteiger partial charge in [0.05, 0.1) is 24.2 Å². The van der Waals surface area contributed by atoms with E-state index in [0.717, 1.165) is 25.0 Å². The number of aromatic nitrogens is 1. The SMILES string of the molecule is C=C[C@@H]1C=C[C@]1(NC(=O)[C@@H]1CCCN1C(=O)[C@@H](NC(=O)OCCCCCc1cccc(CO)n1)C(C)(C)C)C(=O)NS(=O)(=O)C1CC1. The van der Waals surface area contributed by atoms with Gasteiger partial charge in [-0.25, -0.2) is 13.2 Å². The Kier molecular flexibility index (Phi) is 11.5. The molecule has 13 nitrogen and oxygen atoms in total. The second kappa shape index (κ2) is 15.0. The van der Waals surface area contributed by atoms with Gasteiger partial charge in [0, 0.05) is 18.2 Å². The molecule has 0 unspecified atom stereocenters. The third kappa shape index (κ3) is 8.78. The number of ether oxygens (including phenoxy) is 1. The Morgan fingerprint density at radius 2 is 1.87 bits per heavy atom. The minimum Gasteiger partial charge on any atom is -0.450 e. The number of unbranched alkanes of at least 4 members (excludes halogenated alkanes) is 2. The zero-order valence-corrected chi connectivity index (χ0v) is 28.2. The van der Waals surface area contributed by atoms with E-state index in [9.17, 15) is 32.7 Å². The molecule has 0 aromatic carbocycles. The van der Waals surface area contributed by atoms with Gasteiger partial charge in [-0.2, -0.15) is 0 Å². The predicted octanol–water partition coefficient (Wildman–Crippen LogP) is 2.25. The number of alkyl carbamates (subject to hydrolysis) is 1. The molecule has 4 N–H and O–H groups in total. The smallest absolute Gasteiger partial charge is 0.407 e. The molecule has 1 saturated heterocycles. The van der Waals surface area contributed by atoms with Crippen molar-refractivity contribution in [1.82, 2.24) is 25.2 Å². The number of hydrogen-bond donors (Lipinski definition) is 4. The van der Waals surface area contributed by atoms with Crippen LogP contribution in [-0.4, -0.2) is 83.2 Å². The van der Waals surface area contributed by atoms with Gasteiger partial charge in [0.1, 0.15) is 17.6 Å². The second-order valence-corrected chi connectivity index (χ2v) is 15.5. The summed E-state index contributed by atoms with van der Waals surface area (Å²) in [6.07, 6.45) is 8.59. The number of sulfonamides is 1. The van der Waals surface area contributed by atoms with Gasteiger partial charge in [-0.05, 0) is 68.9 Å². The van der Waals surface area contributed by atoms with Gasteiger partial charge in [0.2, 0.25) is 21.8 Å². The molecule has 3 aliphatic rings. The molecule has 0 spiro atoms. The number of nitrogens with zero attached hydrogens (tertiary/aromatic N) is 2. The Labute approximate surface area is 276 Å². The molecule has 0 radical (unpaired) electrons. The maximum absolute atomic E-state index is 13.9. The van der Waals surface area contributed by atoms with Gasteiger partial charge in [0.15, 0.2) is 0 Å². The van der Waals surface area contributed by atoms with E-state index >= 15 is 0 Å². The zero-order valence-electron chi connectivity index (χ0n) is 27.4. The zero-order chi connectivity index (χ0) is 34.4. The van der Waals surface area contributed by atoms with Gasteiger partial charge >= 0.3 is 6.09 Å². The van der Waals surface area contributed by atoms with E-state index in [4.69, 9.17) is 4.74 Å². The van der Waals surface area contributed by atoms with Crippen molar-refractivity contribution in [2.24, 2.45) is 11.3 Å². The van der Waals surface area contributed by atoms with Crippen molar-refractivity contribution < 1.29 is 37.4 Å². The first-order valence-corrected chi connectivity index (χ1v) is 17.8. The molecule has 4 rings (SSSR count). The van der Waals surface area contributed by atoms with E-state index in [1.54, 1.807) is 32.9 Å². The highest BCUT2D eigenvalue weighted by Crippen LogP contribution is 2.35. The van der Waals surface area contributed by atoms with Crippen LogP contribution in [0.4, 0.5) is 4.79 Å². The van der Waals surface area contributed by atoms with Crippen LogP contribution in [0.25, 0.3) is 0 Å². The largest absolute Gasteiger partial charge is 0.450 e. The average molecular weight is 674 g/mol. The minimum absolute atomic E-state index is 0.109. The number of aliphatic hydroxyl groups excluding tert-OH is 1. The van der Waals surface area contributed by atoms with Crippen LogP contribution in [0.15, 0.2) is 43.0 Å². The van der Waals surface area contributed by atoms with Gasteiger partial charge in [-0.1, -0.05) is 45.1 Å². The lowest BCUT2D eigenvalue weighted by Gasteiger charge is -2.42. The lowest BCUT2D eigenvalue weighted by Crippen LogP contribution is -2.67. The molecule has 4 amide bonds. The third-order valence-electron chi connectivity index (χ3n) is 8.80. The maximum atomic E-state index is 13.9. The van der Waals surface area contributed by atoms with E-state index in [1.807, 2.05) is 12.1 Å². The number of aliphatic hydroxyl groups is 1. The molecule has 2 aliphatic carbocycles. The molecular weight excluding hydrogens is 626 g/mol. The molecule has 4 atom stereocenters. The fourth-order valence-corrected chi connectivity index (χ4v) is 7.17. The Hall–Kier alpha value is -3.78. The molecule has 47 heavy (non-hydrogen) atoms. The predicted molar refractivity (Wildman–Crippen MR) is 174 cm³/mol. The van der Waals surface area contributed by atoms with Gasteiger partial charge in [-0.3, -0.25) is 24.1 Å². The summed E-state index contributed by atoms with van der Waals surface area (Å²) in [5, 5.41) is 14.0. The van der Waals surface area contributed by atoms with Gasteiger partial charge in [0.25, 0.3) is 5.91 Å². The maximum Gasteiger partial charge on any atom is 0.407 e. The van der Waals surface area contributed by atoms with Crippen molar-refractivity contribution in [2.45, 2.75) is 102 Å². The van der Waals surface area contributed by atoms with Crippen LogP contribution < -0.4 is 15.4 Å². The van der Waals surface area contributed by atoms with Crippen LogP contribution in [-0.2, 0) is 42.2 Å². The van der Waals surface area contributed by atoms with E-state index in [-0.39, 0.29) is 19.8 Å². The summed E-state index contributed by atoms with van der Waals surface area (Å²) in [5.41, 5.74) is -0.862. The number of pyridine rings is 1. The average Bonchev–Trinajstić information content (AvgIpc) is 3.76. The van der Waals surface area contributed by atoms with Crippen molar-refractivity contribution in [2.75, 3.05) is 13.2 Å². The quantitative estimate of drug-likeness (QED) is 0.160. The van der Waals surface area contributed by atoms with Crippen molar-refractivity contribution in [1.29, 1.82) is 0 Å². The second-order valence-electron chi connectivity index (χ2n) is 13.5. The number of nitrogens with one attached hydrogen (secondary N) is 3. The monoisotopic (exact) mass is 673 g/mol. The highest BCUT2D eigenvalue weighted by Gasteiger charge is 2.52. The lowest BCUT2D eigenvalue weighted by atomic mass is 9.73. The highest BCUT2D eigenvalue weighted by atomic mass is 32.2. The van der Waals surface area contributed by atoms with Crippen LogP contribution in [0.5, 0.6) is 0 Å². The molecule has 14 heteroatoms. The fourth-order valence-electron chi connectivity index (χ4n) is 5.82. The van der Waals surface area contributed by atoms with Gasteiger partial charge in [-0.15, -0.1) is 6.58 Å². The van der Waals surface area contributed by atoms with Crippen LogP contribution in [0.3, 0.4) is 0 Å². The van der Waals surface area contributed by atoms with Crippen LogP contribution in [0.1, 0.15) is 77.1 Å². The minimum atomic E-state index is -3.87. The summed E-state index contributed by atoms with van der Waals surface area (Å²) >= 11 is 0. The Morgan fingerprint density at radius 1 is 1.15 bits per heavy atom. The molecule has 258 valence electrons. The standard InChI is InChI=1S/C33H47N5O8S/c1-5-22-17-18-33(22,30(42)37-47(44,45)25-15-16-25)36-28(40)26-14-10-19-38(26)29(41)27(32(2,3)4)35-31(43)46-20-8-6-7-11-23-12-9-13-24(21-39)34-23/h5,9,12-13,17-18,22,25-27,39H,1,6-8,10-11,14-16,19-21H2,2-4H3,(H,35,43)(H,36,40)(H,37,42)/t22-,26+,27-,33-/m1/s1. The summed E-state index contributed by atoms with van der Waals surface area (Å²) < 4.78 is 32.5. The van der Waals surface area contributed by atoms with E-state index in [0.29, 0.717) is 37.8 Å². The first-order chi connectivity index (χ1) is 22.2. The van der Waals surface area contributed by atoms with Crippen molar-refractivity contribution >= 4 is 33.8 Å². The highest BCUT2D eigenvalue weighted by molar-refractivity contribution is 7.91. The Bertz CT molecular complexity index is 1490. The fraction of sp³-hybridized carbons (Fsp3) is 0.606. The number of rotatable bonds is 15. The summed E-state index contributed by atoms with van der Waals surface area (Å²) in [4.78, 5) is 59.4. The Balaban J connectivity index is 1.32. The summed E-state index contributed by atoms with van der Waals surface area (Å²) in [5.74, 6) is -2.56. The van der Waals surface area contributed by atoms with Gasteiger partial charge < -0.3 is 25.4 Å². The molecule has 1 aliphatic heterocycles. The molecule has 1 aromatic rings. The molecule has 2 fully saturated rings. The van der Waals surface area contributed by atoms with Crippen LogP contribution in [0, 0.1) is 11.3 Å². The number of carbonyl (C=O) groups excluding carboxylic acids is 4. The first-order valence-electron chi connectivity index (χ1n) is 16.2. The van der Waals surface area contributed by atoms with E-state index in [1.165, 1.54) is 17.1 Å². The number of amides is 4. The lowest BCUT2D eigenvalue weighted by molar-refractivity contribution is -0.143. The molecule has 1 saturated carbocycles. The number of hydrogen-bond acceptors (Lipinski definition) is 9. The first kappa shape index (κ1) is 36.1. The van der Waals surface area contributed by atoms with E-state index < -0.39 is 68.0 Å². The molecule has 2 heterocycles. The Morgan fingerprint density at radius 3 is 2.49 bits per heavy atom. The number of aryl methyl sites for hydroxylation is 1. The summed E-state index contributed by atoms with van der Waals surface area (Å²) in [6.45, 7) is 9.45. The normalized spacial score (nSPS) is 22.9. The number of carbonyl (C=O) groups is 4. The molecule has 0 bridgehead atoms. The van der Waals surface area contributed by atoms with Crippen LogP contribution >= 0.6 is 0 Å². The summed E-state index contributed by atoms with van der Waals surface area (Å²) in [7, 11) is -3.87. The summed E-state index contributed by atoms with van der Waals surface area (Å²) in [6, 6.07) is 3.59. The number of likely N-dealkylation sites (tertiary alicyclic amines) is 1. The third-order valence-corrected chi connectivity index (χ3v) is 10.6. The van der Waals surface area contributed by atoms with Crippen LogP contribution in [0.2, 0.25) is 0 Å².